The highest BCUT2D eigenvalue weighted by Crippen LogP contribution is 2.38. The fraction of sp³-hybridized carbons (Fsp3) is 0.333. The van der Waals surface area contributed by atoms with E-state index in [9.17, 15) is 8.42 Å². The molecule has 5 rings (SSSR count). The number of aromatic nitrogens is 2. The van der Waals surface area contributed by atoms with Gasteiger partial charge in [0.2, 0.25) is 0 Å². The lowest BCUT2D eigenvalue weighted by molar-refractivity contribution is 0.248. The van der Waals surface area contributed by atoms with E-state index in [1.54, 1.807) is 0 Å². The topological polar surface area (TPSA) is 83.4 Å². The van der Waals surface area contributed by atoms with E-state index in [-0.39, 0.29) is 0 Å². The highest BCUT2D eigenvalue weighted by Gasteiger charge is 2.25. The van der Waals surface area contributed by atoms with Crippen molar-refractivity contribution in [3.05, 3.63) is 99.1 Å². The average Bonchev–Trinajstić information content (AvgIpc) is 2.95. The molecule has 1 aliphatic carbocycles. The van der Waals surface area contributed by atoms with Gasteiger partial charge in [0, 0.05) is 48.8 Å². The molecule has 35 heavy (non-hydrogen) atoms. The molecule has 1 aliphatic heterocycles. The van der Waals surface area contributed by atoms with Gasteiger partial charge in [-0.05, 0) is 78.6 Å². The molecule has 0 amide bonds. The number of fused-ring (bicyclic) bond motifs is 2. The minimum Gasteiger partial charge on any atom is -0.298 e. The summed E-state index contributed by atoms with van der Waals surface area (Å²) in [7, 11) is -3.67. The zero-order valence-electron chi connectivity index (χ0n) is 20.0. The van der Waals surface area contributed by atoms with Crippen LogP contribution in [0.3, 0.4) is 0 Å². The first-order valence-corrected chi connectivity index (χ1v) is 13.9. The van der Waals surface area contributed by atoms with Crippen LogP contribution in [-0.4, -0.2) is 47.2 Å². The van der Waals surface area contributed by atoms with E-state index in [0.717, 1.165) is 50.3 Å². The number of likely N-dealkylation sites (tertiary alicyclic amines) is 1. The Morgan fingerprint density at radius 2 is 1.74 bits per heavy atom. The summed E-state index contributed by atoms with van der Waals surface area (Å²) < 4.78 is 25.9. The number of benzene rings is 1. The first kappa shape index (κ1) is 25.5. The van der Waals surface area contributed by atoms with Gasteiger partial charge in [-0.25, -0.2) is 0 Å². The van der Waals surface area contributed by atoms with Gasteiger partial charge < -0.3 is 0 Å². The third-order valence-electron chi connectivity index (χ3n) is 6.28. The molecule has 184 valence electrons. The Balaban J connectivity index is 0.000000527. The van der Waals surface area contributed by atoms with Crippen molar-refractivity contribution in [2.75, 3.05) is 19.3 Å². The fourth-order valence-electron chi connectivity index (χ4n) is 4.83. The van der Waals surface area contributed by atoms with E-state index in [2.05, 4.69) is 47.1 Å². The molecule has 0 atom stereocenters. The van der Waals surface area contributed by atoms with Crippen molar-refractivity contribution in [1.82, 2.24) is 14.9 Å². The molecule has 2 aliphatic rings. The van der Waals surface area contributed by atoms with E-state index in [0.29, 0.717) is 6.26 Å². The molecule has 0 saturated carbocycles. The van der Waals surface area contributed by atoms with E-state index in [1.165, 1.54) is 44.7 Å². The fourth-order valence-corrected chi connectivity index (χ4v) is 5.02. The van der Waals surface area contributed by atoms with Crippen LogP contribution < -0.4 is 0 Å². The molecule has 0 bridgehead atoms. The Morgan fingerprint density at radius 1 is 1.03 bits per heavy atom. The maximum Gasteiger partial charge on any atom is 0.261 e. The van der Waals surface area contributed by atoms with Crippen LogP contribution in [-0.2, 0) is 29.5 Å². The Labute approximate surface area is 212 Å². The molecule has 3 heterocycles. The molecule has 6 nitrogen and oxygen atoms in total. The van der Waals surface area contributed by atoms with Crippen molar-refractivity contribution < 1.29 is 13.0 Å². The molecule has 0 spiro atoms. The summed E-state index contributed by atoms with van der Waals surface area (Å²) in [6.45, 7) is 5.21. The maximum absolute atomic E-state index is 9.19. The van der Waals surface area contributed by atoms with Crippen LogP contribution in [0, 0.1) is 6.92 Å². The summed E-state index contributed by atoms with van der Waals surface area (Å²) in [4.78, 5) is 11.7. The van der Waals surface area contributed by atoms with Crippen molar-refractivity contribution >= 4 is 27.3 Å². The molecule has 8 heteroatoms. The number of nitrogens with zero attached hydrogens (tertiary/aromatic N) is 3. The molecular formula is C27H30ClN3O3S. The van der Waals surface area contributed by atoms with E-state index in [1.807, 2.05) is 24.7 Å². The minimum atomic E-state index is -3.67. The van der Waals surface area contributed by atoms with Gasteiger partial charge in [0.15, 0.2) is 0 Å². The van der Waals surface area contributed by atoms with Crippen LogP contribution in [0.4, 0.5) is 0 Å². The number of rotatable bonds is 2. The van der Waals surface area contributed by atoms with Crippen LogP contribution in [0.1, 0.15) is 46.4 Å². The summed E-state index contributed by atoms with van der Waals surface area (Å²) in [5.74, 6) is 0. The van der Waals surface area contributed by atoms with Gasteiger partial charge >= 0.3 is 0 Å². The zero-order valence-corrected chi connectivity index (χ0v) is 21.6. The number of piperidine rings is 1. The first-order chi connectivity index (χ1) is 16.7. The normalized spacial score (nSPS) is 16.0. The number of pyridine rings is 2. The van der Waals surface area contributed by atoms with Gasteiger partial charge in [-0.3, -0.25) is 19.4 Å². The van der Waals surface area contributed by atoms with Crippen LogP contribution in [0.15, 0.2) is 60.6 Å². The van der Waals surface area contributed by atoms with Crippen molar-refractivity contribution in [3.8, 4) is 0 Å². The van der Waals surface area contributed by atoms with E-state index >= 15 is 0 Å². The summed E-state index contributed by atoms with van der Waals surface area (Å²) in [6.07, 6.45) is 10.7. The lowest BCUT2D eigenvalue weighted by Crippen LogP contribution is -2.30. The second kappa shape index (κ2) is 11.0. The van der Waals surface area contributed by atoms with Gasteiger partial charge in [0.1, 0.15) is 0 Å². The number of hydrogen-bond acceptors (Lipinski definition) is 5. The summed E-state index contributed by atoms with van der Waals surface area (Å²) in [5, 5.41) is 0.818. The molecule has 1 N–H and O–H groups in total. The SMILES string of the molecule is CS(=O)(=O)O.Cc1cncc(CN2CCC(=C3c4ccc(Cl)cc4CCc4cccnc43)CC2)c1. The second-order valence-electron chi connectivity index (χ2n) is 9.17. The third kappa shape index (κ3) is 6.98. The van der Waals surface area contributed by atoms with E-state index in [4.69, 9.17) is 21.1 Å². The molecular weight excluding hydrogens is 482 g/mol. The number of hydrogen-bond donors (Lipinski definition) is 1. The molecule has 0 radical (unpaired) electrons. The second-order valence-corrected chi connectivity index (χ2v) is 11.1. The first-order valence-electron chi connectivity index (χ1n) is 11.7. The largest absolute Gasteiger partial charge is 0.298 e. The van der Waals surface area contributed by atoms with Crippen LogP contribution in [0.5, 0.6) is 0 Å². The summed E-state index contributed by atoms with van der Waals surface area (Å²) >= 11 is 6.34. The van der Waals surface area contributed by atoms with Gasteiger partial charge in [-0.2, -0.15) is 8.42 Å². The quantitative estimate of drug-likeness (QED) is 0.480. The van der Waals surface area contributed by atoms with Crippen LogP contribution >= 0.6 is 11.6 Å². The van der Waals surface area contributed by atoms with Crippen molar-refractivity contribution in [1.29, 1.82) is 0 Å². The van der Waals surface area contributed by atoms with Crippen LogP contribution in [0.25, 0.3) is 5.57 Å². The van der Waals surface area contributed by atoms with E-state index < -0.39 is 10.1 Å². The zero-order chi connectivity index (χ0) is 25.0. The van der Waals surface area contributed by atoms with Crippen molar-refractivity contribution in [3.63, 3.8) is 0 Å². The highest BCUT2D eigenvalue weighted by molar-refractivity contribution is 7.85. The Kier molecular flexibility index (Phi) is 8.02. The van der Waals surface area contributed by atoms with Gasteiger partial charge in [0.25, 0.3) is 10.1 Å². The highest BCUT2D eigenvalue weighted by atomic mass is 35.5. The molecule has 1 aromatic carbocycles. The number of aryl methyl sites for hydroxylation is 3. The molecule has 0 unspecified atom stereocenters. The lowest BCUT2D eigenvalue weighted by atomic mass is 9.88. The summed E-state index contributed by atoms with van der Waals surface area (Å²) in [5.41, 5.74) is 10.6. The maximum atomic E-state index is 9.19. The van der Waals surface area contributed by atoms with Crippen molar-refractivity contribution in [2.24, 2.45) is 0 Å². The Bertz CT molecular complexity index is 1340. The molecule has 3 aromatic rings. The Morgan fingerprint density at radius 3 is 2.46 bits per heavy atom. The Hall–Kier alpha value is -2.58. The number of halogens is 1. The standard InChI is InChI=1S/C26H26ClN3.CH4O3S/c1-18-13-19(16-28-15-18)17-30-11-8-20(9-12-30)25-24-7-6-23(27)14-22(24)5-4-21-3-2-10-29-26(21)25;1-5(2,3)4/h2-3,6-7,10,13-16H,4-5,8-9,11-12,17H2,1H3;1H3,(H,2,3,4). The molecule has 1 fully saturated rings. The van der Waals surface area contributed by atoms with Gasteiger partial charge in [-0.1, -0.05) is 35.4 Å². The molecule has 1 saturated heterocycles. The smallest absolute Gasteiger partial charge is 0.261 e. The lowest BCUT2D eigenvalue weighted by Gasteiger charge is -2.30. The van der Waals surface area contributed by atoms with Gasteiger partial charge in [0.05, 0.1) is 11.9 Å². The van der Waals surface area contributed by atoms with Crippen molar-refractivity contribution in [2.45, 2.75) is 39.2 Å². The third-order valence-corrected chi connectivity index (χ3v) is 6.51. The predicted molar refractivity (Wildman–Crippen MR) is 140 cm³/mol. The predicted octanol–water partition coefficient (Wildman–Crippen LogP) is 5.14. The monoisotopic (exact) mass is 511 g/mol. The van der Waals surface area contributed by atoms with Crippen LogP contribution in [0.2, 0.25) is 5.02 Å². The molecule has 2 aromatic heterocycles. The summed E-state index contributed by atoms with van der Waals surface area (Å²) in [6, 6.07) is 12.9. The van der Waals surface area contributed by atoms with Gasteiger partial charge in [-0.15, -0.1) is 0 Å². The minimum absolute atomic E-state index is 0.715. The average molecular weight is 512 g/mol.